The Kier molecular flexibility index (Phi) is 3.57. The van der Waals surface area contributed by atoms with Crippen LogP contribution in [0, 0.1) is 0 Å². The summed E-state index contributed by atoms with van der Waals surface area (Å²) in [5, 5.41) is 9.28. The molecule has 5 heteroatoms. The molecule has 0 radical (unpaired) electrons. The number of rotatable bonds is 4. The van der Waals surface area contributed by atoms with Crippen LogP contribution in [-0.4, -0.2) is 44.5 Å². The number of hydrogen-bond donors (Lipinski definition) is 1. The standard InChI is InChI=1S/C14H19N3O2/c1-14(2,10-18)16(3)13(19)8-11-9-17-7-5-4-6-12(17)15-11/h4-7,9,18H,8,10H2,1-3H3. The first-order valence-corrected chi connectivity index (χ1v) is 6.24. The van der Waals surface area contributed by atoms with Crippen molar-refractivity contribution in [3.05, 3.63) is 36.3 Å². The van der Waals surface area contributed by atoms with Gasteiger partial charge in [-0.3, -0.25) is 4.79 Å². The number of pyridine rings is 1. The molecule has 0 bridgehead atoms. The summed E-state index contributed by atoms with van der Waals surface area (Å²) < 4.78 is 1.89. The first-order valence-electron chi connectivity index (χ1n) is 6.24. The van der Waals surface area contributed by atoms with Gasteiger partial charge in [0.15, 0.2) is 0 Å². The lowest BCUT2D eigenvalue weighted by Crippen LogP contribution is -2.48. The van der Waals surface area contributed by atoms with E-state index in [9.17, 15) is 9.90 Å². The highest BCUT2D eigenvalue weighted by Gasteiger charge is 2.27. The highest BCUT2D eigenvalue weighted by molar-refractivity contribution is 5.79. The van der Waals surface area contributed by atoms with Crippen molar-refractivity contribution in [1.82, 2.24) is 14.3 Å². The van der Waals surface area contributed by atoms with Gasteiger partial charge in [-0.1, -0.05) is 6.07 Å². The lowest BCUT2D eigenvalue weighted by molar-refractivity contribution is -0.135. The lowest BCUT2D eigenvalue weighted by Gasteiger charge is -2.33. The van der Waals surface area contributed by atoms with Crippen molar-refractivity contribution in [2.24, 2.45) is 0 Å². The molecule has 2 aromatic rings. The number of amides is 1. The van der Waals surface area contributed by atoms with E-state index in [1.54, 1.807) is 11.9 Å². The maximum atomic E-state index is 12.2. The van der Waals surface area contributed by atoms with Gasteiger partial charge in [0.1, 0.15) is 5.65 Å². The maximum Gasteiger partial charge on any atom is 0.228 e. The second kappa shape index (κ2) is 5.01. The lowest BCUT2D eigenvalue weighted by atomic mass is 10.0. The second-order valence-corrected chi connectivity index (χ2v) is 5.30. The van der Waals surface area contributed by atoms with Gasteiger partial charge in [-0.2, -0.15) is 0 Å². The number of carbonyl (C=O) groups excluding carboxylic acids is 1. The largest absolute Gasteiger partial charge is 0.394 e. The predicted molar refractivity (Wildman–Crippen MR) is 72.8 cm³/mol. The van der Waals surface area contributed by atoms with Gasteiger partial charge in [0.2, 0.25) is 5.91 Å². The van der Waals surface area contributed by atoms with Crippen molar-refractivity contribution in [3.63, 3.8) is 0 Å². The molecule has 0 spiro atoms. The topological polar surface area (TPSA) is 57.8 Å². The average molecular weight is 261 g/mol. The Morgan fingerprint density at radius 1 is 1.47 bits per heavy atom. The van der Waals surface area contributed by atoms with Crippen LogP contribution in [0.4, 0.5) is 0 Å². The van der Waals surface area contributed by atoms with Crippen LogP contribution in [-0.2, 0) is 11.2 Å². The van der Waals surface area contributed by atoms with Crippen LogP contribution in [0.2, 0.25) is 0 Å². The van der Waals surface area contributed by atoms with Gasteiger partial charge in [0.25, 0.3) is 0 Å². The van der Waals surface area contributed by atoms with Gasteiger partial charge < -0.3 is 14.4 Å². The van der Waals surface area contributed by atoms with Gasteiger partial charge in [0, 0.05) is 19.4 Å². The summed E-state index contributed by atoms with van der Waals surface area (Å²) in [6.45, 7) is 3.59. The fourth-order valence-corrected chi connectivity index (χ4v) is 1.79. The fourth-order valence-electron chi connectivity index (χ4n) is 1.79. The number of aliphatic hydroxyl groups is 1. The first-order chi connectivity index (χ1) is 8.94. The summed E-state index contributed by atoms with van der Waals surface area (Å²) in [5.41, 5.74) is 1.00. The fraction of sp³-hybridized carbons (Fsp3) is 0.429. The summed E-state index contributed by atoms with van der Waals surface area (Å²) in [6.07, 6.45) is 3.99. The molecule has 2 aromatic heterocycles. The van der Waals surface area contributed by atoms with Gasteiger partial charge in [-0.05, 0) is 26.0 Å². The predicted octanol–water partition coefficient (Wildman–Crippen LogP) is 1.11. The molecule has 19 heavy (non-hydrogen) atoms. The Labute approximate surface area is 112 Å². The van der Waals surface area contributed by atoms with Crippen LogP contribution in [0.5, 0.6) is 0 Å². The molecule has 2 rings (SSSR count). The molecule has 0 saturated carbocycles. The Morgan fingerprint density at radius 2 is 2.21 bits per heavy atom. The van der Waals surface area contributed by atoms with E-state index >= 15 is 0 Å². The minimum Gasteiger partial charge on any atom is -0.394 e. The first kappa shape index (κ1) is 13.5. The van der Waals surface area contributed by atoms with E-state index in [4.69, 9.17) is 0 Å². The number of nitrogens with zero attached hydrogens (tertiary/aromatic N) is 3. The third kappa shape index (κ3) is 2.76. The average Bonchev–Trinajstić information content (AvgIpc) is 2.79. The molecule has 0 atom stereocenters. The van der Waals surface area contributed by atoms with Gasteiger partial charge in [-0.15, -0.1) is 0 Å². The van der Waals surface area contributed by atoms with E-state index < -0.39 is 5.54 Å². The van der Waals surface area contributed by atoms with Crippen LogP contribution >= 0.6 is 0 Å². The Bertz CT molecular complexity index is 556. The molecule has 0 saturated heterocycles. The zero-order valence-corrected chi connectivity index (χ0v) is 11.5. The molecule has 1 amide bonds. The summed E-state index contributed by atoms with van der Waals surface area (Å²) in [7, 11) is 1.70. The molecule has 0 aliphatic rings. The highest BCUT2D eigenvalue weighted by atomic mass is 16.3. The Hall–Kier alpha value is -1.88. The number of aromatic nitrogens is 2. The van der Waals surface area contributed by atoms with Crippen LogP contribution in [0.25, 0.3) is 5.65 Å². The van der Waals surface area contributed by atoms with Crippen LogP contribution < -0.4 is 0 Å². The van der Waals surface area contributed by atoms with Gasteiger partial charge in [-0.25, -0.2) is 4.98 Å². The molecule has 2 heterocycles. The van der Waals surface area contributed by atoms with Crippen molar-refractivity contribution in [2.75, 3.05) is 13.7 Å². The Balaban J connectivity index is 2.14. The van der Waals surface area contributed by atoms with Crippen LogP contribution in [0.1, 0.15) is 19.5 Å². The minimum absolute atomic E-state index is 0.0533. The normalized spacial score (nSPS) is 11.8. The van der Waals surface area contributed by atoms with Crippen LogP contribution in [0.15, 0.2) is 30.6 Å². The van der Waals surface area contributed by atoms with Crippen LogP contribution in [0.3, 0.4) is 0 Å². The van der Waals surface area contributed by atoms with E-state index in [0.717, 1.165) is 11.3 Å². The van der Waals surface area contributed by atoms with Gasteiger partial charge in [0.05, 0.1) is 24.3 Å². The van der Waals surface area contributed by atoms with Gasteiger partial charge >= 0.3 is 0 Å². The monoisotopic (exact) mass is 261 g/mol. The molecule has 5 nitrogen and oxygen atoms in total. The third-order valence-electron chi connectivity index (χ3n) is 3.42. The van der Waals surface area contributed by atoms with E-state index in [1.165, 1.54) is 0 Å². The van der Waals surface area contributed by atoms with E-state index in [0.29, 0.717) is 0 Å². The summed E-state index contributed by atoms with van der Waals surface area (Å²) >= 11 is 0. The molecule has 102 valence electrons. The van der Waals surface area contributed by atoms with Crippen molar-refractivity contribution < 1.29 is 9.90 Å². The van der Waals surface area contributed by atoms with Crippen molar-refractivity contribution >= 4 is 11.6 Å². The zero-order chi connectivity index (χ0) is 14.0. The molecular formula is C14H19N3O2. The van der Waals surface area contributed by atoms with Crippen molar-refractivity contribution in [1.29, 1.82) is 0 Å². The number of aliphatic hydroxyl groups excluding tert-OH is 1. The number of fused-ring (bicyclic) bond motifs is 1. The molecule has 0 fully saturated rings. The third-order valence-corrected chi connectivity index (χ3v) is 3.42. The van der Waals surface area contributed by atoms with E-state index in [1.807, 2.05) is 48.8 Å². The second-order valence-electron chi connectivity index (χ2n) is 5.30. The highest BCUT2D eigenvalue weighted by Crippen LogP contribution is 2.13. The maximum absolute atomic E-state index is 12.2. The number of carbonyl (C=O) groups is 1. The molecule has 0 aliphatic carbocycles. The molecular weight excluding hydrogens is 242 g/mol. The summed E-state index contributed by atoms with van der Waals surface area (Å²) in [4.78, 5) is 18.1. The smallest absolute Gasteiger partial charge is 0.228 e. The number of likely N-dealkylation sites (N-methyl/N-ethyl adjacent to an activating group) is 1. The molecule has 1 N–H and O–H groups in total. The molecule has 0 aliphatic heterocycles. The molecule has 0 unspecified atom stereocenters. The SMILES string of the molecule is CN(C(=O)Cc1cn2ccccc2n1)C(C)(C)CO. The number of hydrogen-bond acceptors (Lipinski definition) is 3. The van der Waals surface area contributed by atoms with E-state index in [2.05, 4.69) is 4.98 Å². The summed E-state index contributed by atoms with van der Waals surface area (Å²) in [6, 6.07) is 5.73. The summed E-state index contributed by atoms with van der Waals surface area (Å²) in [5.74, 6) is -0.0533. The Morgan fingerprint density at radius 3 is 2.84 bits per heavy atom. The molecule has 0 aromatic carbocycles. The quantitative estimate of drug-likeness (QED) is 0.897. The minimum atomic E-state index is -0.559. The van der Waals surface area contributed by atoms with E-state index in [-0.39, 0.29) is 18.9 Å². The zero-order valence-electron chi connectivity index (χ0n) is 11.5. The number of imidazole rings is 1. The van der Waals surface area contributed by atoms with Crippen molar-refractivity contribution in [3.8, 4) is 0 Å². The van der Waals surface area contributed by atoms with Crippen molar-refractivity contribution in [2.45, 2.75) is 25.8 Å².